The third kappa shape index (κ3) is 3.81. The van der Waals surface area contributed by atoms with Crippen LogP contribution in [0.3, 0.4) is 0 Å². The maximum Gasteiger partial charge on any atom is 0.335 e. The van der Waals surface area contributed by atoms with E-state index in [1.54, 1.807) is 12.1 Å². The molecule has 2 rings (SSSR count). The van der Waals surface area contributed by atoms with Gasteiger partial charge in [0.1, 0.15) is 0 Å². The van der Waals surface area contributed by atoms with Crippen molar-refractivity contribution in [1.82, 2.24) is 4.90 Å². The maximum absolute atomic E-state index is 11.3. The zero-order valence-electron chi connectivity index (χ0n) is 12.0. The summed E-state index contributed by atoms with van der Waals surface area (Å²) in [6, 6.07) is 7.40. The highest BCUT2D eigenvalue weighted by Gasteiger charge is 2.23. The van der Waals surface area contributed by atoms with Crippen LogP contribution < -0.4 is 0 Å². The fourth-order valence-electron chi connectivity index (χ4n) is 2.85. The molecule has 0 aromatic heterocycles. The number of benzene rings is 1. The van der Waals surface area contributed by atoms with Crippen LogP contribution in [0.2, 0.25) is 0 Å². The molecule has 1 aromatic rings. The number of rotatable bonds is 6. The zero-order chi connectivity index (χ0) is 14.4. The van der Waals surface area contributed by atoms with Gasteiger partial charge in [0.05, 0.1) is 12.2 Å². The number of nitrogens with zero attached hydrogens (tertiary/aromatic N) is 1. The summed E-state index contributed by atoms with van der Waals surface area (Å²) >= 11 is 0. The molecular weight excluding hydrogens is 254 g/mol. The average molecular weight is 277 g/mol. The van der Waals surface area contributed by atoms with Crippen LogP contribution in [0.15, 0.2) is 24.3 Å². The Morgan fingerprint density at radius 3 is 2.70 bits per heavy atom. The van der Waals surface area contributed by atoms with Gasteiger partial charge in [0, 0.05) is 13.2 Å². The van der Waals surface area contributed by atoms with E-state index in [1.807, 2.05) is 19.1 Å². The van der Waals surface area contributed by atoms with Gasteiger partial charge in [-0.1, -0.05) is 18.2 Å². The molecule has 0 saturated carbocycles. The topological polar surface area (TPSA) is 49.8 Å². The van der Waals surface area contributed by atoms with E-state index in [2.05, 4.69) is 4.90 Å². The largest absolute Gasteiger partial charge is 0.478 e. The molecule has 0 amide bonds. The maximum atomic E-state index is 11.3. The second-order valence-corrected chi connectivity index (χ2v) is 5.21. The second kappa shape index (κ2) is 7.41. The van der Waals surface area contributed by atoms with Crippen molar-refractivity contribution in [2.24, 2.45) is 0 Å². The van der Waals surface area contributed by atoms with Crippen molar-refractivity contribution < 1.29 is 14.6 Å². The van der Waals surface area contributed by atoms with Crippen LogP contribution in [0.1, 0.15) is 41.6 Å². The van der Waals surface area contributed by atoms with E-state index in [0.717, 1.165) is 51.3 Å². The Labute approximate surface area is 120 Å². The summed E-state index contributed by atoms with van der Waals surface area (Å²) in [5, 5.41) is 9.26. The van der Waals surface area contributed by atoms with Crippen molar-refractivity contribution in [1.29, 1.82) is 0 Å². The number of carboxylic acids is 1. The number of piperidine rings is 1. The molecule has 110 valence electrons. The molecule has 1 N–H and O–H groups in total. The number of carbonyl (C=O) groups is 1. The van der Waals surface area contributed by atoms with Gasteiger partial charge >= 0.3 is 5.97 Å². The van der Waals surface area contributed by atoms with Gasteiger partial charge in [-0.25, -0.2) is 4.79 Å². The highest BCUT2D eigenvalue weighted by molar-refractivity contribution is 5.89. The van der Waals surface area contributed by atoms with Crippen molar-refractivity contribution in [2.45, 2.75) is 25.7 Å². The molecule has 0 unspecified atom stereocenters. The lowest BCUT2D eigenvalue weighted by Crippen LogP contribution is -2.35. The molecule has 4 heteroatoms. The first-order valence-corrected chi connectivity index (χ1v) is 7.34. The van der Waals surface area contributed by atoms with Gasteiger partial charge in [-0.05, 0) is 50.4 Å². The van der Waals surface area contributed by atoms with Crippen LogP contribution in [-0.4, -0.2) is 48.8 Å². The first-order valence-electron chi connectivity index (χ1n) is 7.34. The summed E-state index contributed by atoms with van der Waals surface area (Å²) in [6.07, 6.45) is 2.05. The number of hydrogen-bond donors (Lipinski definition) is 1. The molecule has 0 atom stereocenters. The van der Waals surface area contributed by atoms with Crippen LogP contribution in [0.25, 0.3) is 0 Å². The van der Waals surface area contributed by atoms with Crippen molar-refractivity contribution in [3.05, 3.63) is 35.4 Å². The van der Waals surface area contributed by atoms with E-state index >= 15 is 0 Å². The molecule has 1 fully saturated rings. The normalized spacial score (nSPS) is 17.2. The van der Waals surface area contributed by atoms with Gasteiger partial charge in [-0.3, -0.25) is 0 Å². The summed E-state index contributed by atoms with van der Waals surface area (Å²) in [4.78, 5) is 13.7. The number of carboxylic acid groups (broad SMARTS) is 1. The van der Waals surface area contributed by atoms with E-state index in [0.29, 0.717) is 11.5 Å². The van der Waals surface area contributed by atoms with E-state index in [1.165, 1.54) is 0 Å². The van der Waals surface area contributed by atoms with Crippen molar-refractivity contribution >= 4 is 5.97 Å². The Hall–Kier alpha value is -1.39. The van der Waals surface area contributed by atoms with Gasteiger partial charge in [-0.2, -0.15) is 0 Å². The van der Waals surface area contributed by atoms with Crippen molar-refractivity contribution in [3.8, 4) is 0 Å². The third-order valence-corrected chi connectivity index (χ3v) is 3.97. The Bertz CT molecular complexity index is 439. The summed E-state index contributed by atoms with van der Waals surface area (Å²) in [5.74, 6) is -0.454. The molecule has 0 spiro atoms. The first-order chi connectivity index (χ1) is 9.72. The Kier molecular flexibility index (Phi) is 5.56. The van der Waals surface area contributed by atoms with Crippen LogP contribution in [0.4, 0.5) is 0 Å². The van der Waals surface area contributed by atoms with Crippen LogP contribution in [0, 0.1) is 0 Å². The summed E-state index contributed by atoms with van der Waals surface area (Å²) in [6.45, 7) is 6.57. The number of aromatic carboxylic acids is 1. The van der Waals surface area contributed by atoms with Gasteiger partial charge in [-0.15, -0.1) is 0 Å². The molecule has 1 aromatic carbocycles. The smallest absolute Gasteiger partial charge is 0.335 e. The fourth-order valence-corrected chi connectivity index (χ4v) is 2.85. The highest BCUT2D eigenvalue weighted by atomic mass is 16.5. The van der Waals surface area contributed by atoms with Crippen molar-refractivity contribution in [3.63, 3.8) is 0 Å². The first kappa shape index (κ1) is 15.0. The van der Waals surface area contributed by atoms with Gasteiger partial charge in [0.15, 0.2) is 0 Å². The molecule has 0 aliphatic carbocycles. The summed E-state index contributed by atoms with van der Waals surface area (Å²) in [7, 11) is 0. The molecule has 1 saturated heterocycles. The lowest BCUT2D eigenvalue weighted by Gasteiger charge is -2.32. The quantitative estimate of drug-likeness (QED) is 0.812. The summed E-state index contributed by atoms with van der Waals surface area (Å²) in [5.41, 5.74) is 1.45. The molecule has 1 heterocycles. The molecule has 0 radical (unpaired) electrons. The fraction of sp³-hybridized carbons (Fsp3) is 0.562. The highest BCUT2D eigenvalue weighted by Crippen LogP contribution is 2.30. The predicted octanol–water partition coefficient (Wildman–Crippen LogP) is 2.60. The third-order valence-electron chi connectivity index (χ3n) is 3.97. The van der Waals surface area contributed by atoms with Crippen LogP contribution in [0.5, 0.6) is 0 Å². The minimum atomic E-state index is -0.820. The Morgan fingerprint density at radius 2 is 2.05 bits per heavy atom. The zero-order valence-corrected chi connectivity index (χ0v) is 12.0. The number of likely N-dealkylation sites (tertiary alicyclic amines) is 1. The minimum absolute atomic E-state index is 0.366. The van der Waals surface area contributed by atoms with E-state index in [4.69, 9.17) is 4.74 Å². The number of hydrogen-bond acceptors (Lipinski definition) is 3. The van der Waals surface area contributed by atoms with Gasteiger partial charge in [0.2, 0.25) is 0 Å². The molecule has 20 heavy (non-hydrogen) atoms. The molecule has 4 nitrogen and oxygen atoms in total. The van der Waals surface area contributed by atoms with E-state index in [-0.39, 0.29) is 0 Å². The number of ether oxygens (including phenoxy) is 1. The monoisotopic (exact) mass is 277 g/mol. The molecule has 1 aliphatic heterocycles. The molecular formula is C16H23NO3. The second-order valence-electron chi connectivity index (χ2n) is 5.21. The minimum Gasteiger partial charge on any atom is -0.478 e. The Morgan fingerprint density at radius 1 is 1.35 bits per heavy atom. The lowest BCUT2D eigenvalue weighted by atomic mass is 9.86. The predicted molar refractivity (Wildman–Crippen MR) is 78.3 cm³/mol. The van der Waals surface area contributed by atoms with Crippen LogP contribution in [-0.2, 0) is 4.74 Å². The molecule has 0 bridgehead atoms. The van der Waals surface area contributed by atoms with Gasteiger partial charge < -0.3 is 14.7 Å². The summed E-state index contributed by atoms with van der Waals surface area (Å²) < 4.78 is 5.38. The lowest BCUT2D eigenvalue weighted by molar-refractivity contribution is 0.0694. The SMILES string of the molecule is CCOCCN1CCC(c2ccccc2C(=O)O)CC1. The standard InChI is InChI=1S/C16H23NO3/c1-2-20-12-11-17-9-7-13(8-10-17)14-5-3-4-6-15(14)16(18)19/h3-6,13H,2,7-12H2,1H3,(H,18,19). The van der Waals surface area contributed by atoms with Crippen molar-refractivity contribution in [2.75, 3.05) is 32.8 Å². The van der Waals surface area contributed by atoms with E-state index in [9.17, 15) is 9.90 Å². The molecule has 1 aliphatic rings. The average Bonchev–Trinajstić information content (AvgIpc) is 2.48. The van der Waals surface area contributed by atoms with Gasteiger partial charge in [0.25, 0.3) is 0 Å². The van der Waals surface area contributed by atoms with E-state index < -0.39 is 5.97 Å². The Balaban J connectivity index is 1.92. The van der Waals surface area contributed by atoms with Crippen LogP contribution >= 0.6 is 0 Å².